The molecule has 5 unspecified atom stereocenters. The molecule has 25 heavy (non-hydrogen) atoms. The summed E-state index contributed by atoms with van der Waals surface area (Å²) in [5.74, 6) is 1.04. The van der Waals surface area contributed by atoms with Crippen LogP contribution in [-0.2, 0) is 9.59 Å². The topological polar surface area (TPSA) is 107 Å². The fraction of sp³-hybridized carbons (Fsp3) is 0.789. The SMILES string of the molecule is N#CC1N(C(=O)[CH]C2C3CC4CC2CC(O)(C4)C3)CC2CC21C(N)=O. The van der Waals surface area contributed by atoms with Crippen LogP contribution < -0.4 is 5.73 Å². The number of rotatable bonds is 3. The predicted octanol–water partition coefficient (Wildman–Crippen LogP) is 0.604. The lowest BCUT2D eigenvalue weighted by molar-refractivity contribution is -0.151. The summed E-state index contributed by atoms with van der Waals surface area (Å²) in [6.45, 7) is 0.463. The van der Waals surface area contributed by atoms with E-state index in [0.717, 1.165) is 32.1 Å². The number of nitriles is 1. The van der Waals surface area contributed by atoms with Gasteiger partial charge in [-0.05, 0) is 68.1 Å². The second kappa shape index (κ2) is 4.76. The highest BCUT2D eigenvalue weighted by atomic mass is 16.3. The third-order valence-electron chi connectivity index (χ3n) is 7.88. The molecule has 5 saturated carbocycles. The van der Waals surface area contributed by atoms with Crippen LogP contribution in [0.25, 0.3) is 0 Å². The zero-order valence-corrected chi connectivity index (χ0v) is 14.2. The maximum Gasteiger partial charge on any atom is 0.227 e. The van der Waals surface area contributed by atoms with Gasteiger partial charge in [-0.15, -0.1) is 0 Å². The number of fused-ring (bicyclic) bond motifs is 1. The average molecular weight is 342 g/mol. The number of carbonyl (C=O) groups is 2. The molecule has 6 heteroatoms. The zero-order valence-electron chi connectivity index (χ0n) is 14.2. The van der Waals surface area contributed by atoms with Crippen molar-refractivity contribution in [2.45, 2.75) is 50.2 Å². The Kier molecular flexibility index (Phi) is 2.98. The van der Waals surface area contributed by atoms with E-state index in [1.807, 2.05) is 0 Å². The van der Waals surface area contributed by atoms with E-state index >= 15 is 0 Å². The van der Waals surface area contributed by atoms with Crippen molar-refractivity contribution < 1.29 is 14.7 Å². The van der Waals surface area contributed by atoms with Crippen LogP contribution in [0.15, 0.2) is 0 Å². The summed E-state index contributed by atoms with van der Waals surface area (Å²) in [4.78, 5) is 26.3. The molecule has 1 saturated heterocycles. The first-order valence-electron chi connectivity index (χ1n) is 9.44. The molecule has 0 aromatic rings. The molecule has 2 amide bonds. The van der Waals surface area contributed by atoms with Crippen molar-refractivity contribution in [2.75, 3.05) is 6.54 Å². The molecule has 5 atom stereocenters. The largest absolute Gasteiger partial charge is 0.390 e. The van der Waals surface area contributed by atoms with Crippen molar-refractivity contribution in [1.82, 2.24) is 4.90 Å². The van der Waals surface area contributed by atoms with Gasteiger partial charge >= 0.3 is 0 Å². The third kappa shape index (κ3) is 1.99. The van der Waals surface area contributed by atoms with Gasteiger partial charge in [-0.3, -0.25) is 9.59 Å². The average Bonchev–Trinajstić information content (AvgIpc) is 3.16. The van der Waals surface area contributed by atoms with E-state index in [0.29, 0.717) is 30.7 Å². The summed E-state index contributed by atoms with van der Waals surface area (Å²) < 4.78 is 0. The van der Waals surface area contributed by atoms with Crippen LogP contribution in [0.4, 0.5) is 0 Å². The smallest absolute Gasteiger partial charge is 0.227 e. The minimum Gasteiger partial charge on any atom is -0.390 e. The lowest BCUT2D eigenvalue weighted by Crippen LogP contribution is -2.56. The summed E-state index contributed by atoms with van der Waals surface area (Å²) in [6, 6.07) is 1.44. The lowest BCUT2D eigenvalue weighted by Gasteiger charge is -2.58. The highest BCUT2D eigenvalue weighted by Gasteiger charge is 2.71. The van der Waals surface area contributed by atoms with E-state index in [4.69, 9.17) is 5.73 Å². The maximum absolute atomic E-state index is 12.9. The number of hydrogen-bond donors (Lipinski definition) is 2. The molecule has 0 aromatic carbocycles. The summed E-state index contributed by atoms with van der Waals surface area (Å²) in [6.07, 6.45) is 7.15. The monoisotopic (exact) mass is 342 g/mol. The number of piperidine rings is 1. The molecule has 6 rings (SSSR count). The van der Waals surface area contributed by atoms with Crippen molar-refractivity contribution in [3.63, 3.8) is 0 Å². The number of amides is 2. The Morgan fingerprint density at radius 3 is 2.44 bits per heavy atom. The van der Waals surface area contributed by atoms with Crippen molar-refractivity contribution in [3.8, 4) is 6.07 Å². The van der Waals surface area contributed by atoms with Gasteiger partial charge in [0, 0.05) is 6.54 Å². The molecule has 6 fully saturated rings. The van der Waals surface area contributed by atoms with Crippen molar-refractivity contribution in [3.05, 3.63) is 6.42 Å². The van der Waals surface area contributed by atoms with Gasteiger partial charge in [0.05, 0.1) is 23.5 Å². The first-order valence-corrected chi connectivity index (χ1v) is 9.44. The van der Waals surface area contributed by atoms with Crippen molar-refractivity contribution in [1.29, 1.82) is 5.26 Å². The van der Waals surface area contributed by atoms with Crippen LogP contribution >= 0.6 is 0 Å². The van der Waals surface area contributed by atoms with E-state index in [9.17, 15) is 20.0 Å². The molecule has 1 aliphatic heterocycles. The standard InChI is InChI=1S/C19H24N3O3/c20-8-15-19(17(21)24)7-13(19)9-22(15)16(23)3-14-11-1-10-2-12(14)6-18(25,4-10)5-11/h3,10-15,25H,1-2,4-7,9H2,(H2,21,24). The highest BCUT2D eigenvalue weighted by molar-refractivity contribution is 5.92. The van der Waals surface area contributed by atoms with Gasteiger partial charge in [-0.2, -0.15) is 5.26 Å². The summed E-state index contributed by atoms with van der Waals surface area (Å²) in [7, 11) is 0. The third-order valence-corrected chi connectivity index (χ3v) is 7.88. The number of carbonyl (C=O) groups excluding carboxylic acids is 2. The molecule has 1 radical (unpaired) electrons. The van der Waals surface area contributed by atoms with E-state index in [1.54, 1.807) is 11.3 Å². The molecule has 5 aliphatic carbocycles. The van der Waals surface area contributed by atoms with E-state index < -0.39 is 23.0 Å². The minimum atomic E-state index is -0.808. The Hall–Kier alpha value is -1.61. The molecule has 6 nitrogen and oxygen atoms in total. The number of nitrogens with zero attached hydrogens (tertiary/aromatic N) is 2. The van der Waals surface area contributed by atoms with Gasteiger partial charge in [-0.1, -0.05) is 0 Å². The minimum absolute atomic E-state index is 0.0474. The summed E-state index contributed by atoms with van der Waals surface area (Å²) >= 11 is 0. The number of primary amides is 1. The molecule has 1 heterocycles. The predicted molar refractivity (Wildman–Crippen MR) is 87.1 cm³/mol. The molecule has 4 bridgehead atoms. The van der Waals surface area contributed by atoms with Gasteiger partial charge in [0.25, 0.3) is 0 Å². The number of nitrogens with two attached hydrogens (primary N) is 1. The van der Waals surface area contributed by atoms with E-state index in [2.05, 4.69) is 6.07 Å². The first-order chi connectivity index (χ1) is 11.9. The fourth-order valence-electron chi connectivity index (χ4n) is 6.92. The first kappa shape index (κ1) is 15.6. The lowest BCUT2D eigenvalue weighted by atomic mass is 9.49. The molecule has 3 N–H and O–H groups in total. The van der Waals surface area contributed by atoms with Crippen LogP contribution in [0, 0.1) is 52.8 Å². The maximum atomic E-state index is 12.9. The summed E-state index contributed by atoms with van der Waals surface area (Å²) in [5.41, 5.74) is 4.21. The van der Waals surface area contributed by atoms with Gasteiger partial charge in [0.15, 0.2) is 0 Å². The van der Waals surface area contributed by atoms with Crippen LogP contribution in [0.1, 0.15) is 38.5 Å². The normalized spacial score (nSPS) is 51.9. The number of hydrogen-bond acceptors (Lipinski definition) is 4. The van der Waals surface area contributed by atoms with E-state index in [-0.39, 0.29) is 17.7 Å². The number of aliphatic hydroxyl groups is 1. The van der Waals surface area contributed by atoms with Gasteiger partial charge in [0.2, 0.25) is 11.8 Å². The van der Waals surface area contributed by atoms with Crippen molar-refractivity contribution in [2.24, 2.45) is 40.7 Å². The van der Waals surface area contributed by atoms with Crippen LogP contribution in [0.3, 0.4) is 0 Å². The molecule has 0 spiro atoms. The summed E-state index contributed by atoms with van der Waals surface area (Å²) in [5, 5.41) is 20.2. The second-order valence-corrected chi connectivity index (χ2v) is 9.27. The van der Waals surface area contributed by atoms with Crippen molar-refractivity contribution >= 4 is 11.8 Å². The molecule has 6 aliphatic rings. The molecule has 0 aromatic heterocycles. The second-order valence-electron chi connectivity index (χ2n) is 9.27. The van der Waals surface area contributed by atoms with Gasteiger partial charge in [-0.25, -0.2) is 0 Å². The van der Waals surface area contributed by atoms with Crippen LogP contribution in [-0.4, -0.2) is 40.0 Å². The Labute approximate surface area is 147 Å². The molecular weight excluding hydrogens is 318 g/mol. The van der Waals surface area contributed by atoms with E-state index in [1.165, 1.54) is 0 Å². The van der Waals surface area contributed by atoms with Gasteiger partial charge in [0.1, 0.15) is 6.04 Å². The number of likely N-dealkylation sites (tertiary alicyclic amines) is 1. The quantitative estimate of drug-likeness (QED) is 0.783. The molecular formula is C19H24N3O3. The Morgan fingerprint density at radius 1 is 1.20 bits per heavy atom. The van der Waals surface area contributed by atoms with Gasteiger partial charge < -0.3 is 15.7 Å². The Bertz CT molecular complexity index is 685. The zero-order chi connectivity index (χ0) is 17.6. The Balaban J connectivity index is 1.32. The fourth-order valence-corrected chi connectivity index (χ4v) is 6.92. The van der Waals surface area contributed by atoms with Crippen LogP contribution in [0.2, 0.25) is 0 Å². The molecule has 133 valence electrons. The Morgan fingerprint density at radius 2 is 1.88 bits per heavy atom. The highest BCUT2D eigenvalue weighted by Crippen LogP contribution is 2.62. The van der Waals surface area contributed by atoms with Crippen LogP contribution in [0.5, 0.6) is 0 Å².